The van der Waals surface area contributed by atoms with Gasteiger partial charge < -0.3 is 25.0 Å². The van der Waals surface area contributed by atoms with Crippen LogP contribution in [0.25, 0.3) is 11.3 Å². The van der Waals surface area contributed by atoms with Crippen LogP contribution in [-0.4, -0.2) is 69.6 Å². The minimum Gasteiger partial charge on any atom is -0.488 e. The maximum atomic E-state index is 13.5. The van der Waals surface area contributed by atoms with E-state index in [0.29, 0.717) is 48.0 Å². The first-order valence-electron chi connectivity index (χ1n) is 13.7. The van der Waals surface area contributed by atoms with Gasteiger partial charge in [-0.2, -0.15) is 5.10 Å². The van der Waals surface area contributed by atoms with Crippen molar-refractivity contribution < 1.29 is 23.9 Å². The van der Waals surface area contributed by atoms with Gasteiger partial charge in [0.1, 0.15) is 23.3 Å². The predicted molar refractivity (Wildman–Crippen MR) is 153 cm³/mol. The number of benzene rings is 2. The van der Waals surface area contributed by atoms with E-state index in [1.165, 1.54) is 0 Å². The molecule has 1 fully saturated rings. The lowest BCUT2D eigenvalue weighted by molar-refractivity contribution is -0.123. The highest BCUT2D eigenvalue weighted by atomic mass is 16.5. The summed E-state index contributed by atoms with van der Waals surface area (Å²) >= 11 is 0. The van der Waals surface area contributed by atoms with Crippen LogP contribution in [0.2, 0.25) is 0 Å². The third-order valence-electron chi connectivity index (χ3n) is 7.45. The minimum atomic E-state index is -0.498. The molecule has 3 amide bonds. The summed E-state index contributed by atoms with van der Waals surface area (Å²) in [6, 6.07) is 17.4. The van der Waals surface area contributed by atoms with Crippen molar-refractivity contribution in [3.05, 3.63) is 95.4 Å². The van der Waals surface area contributed by atoms with Gasteiger partial charge in [0, 0.05) is 49.6 Å². The number of rotatable bonds is 2. The summed E-state index contributed by atoms with van der Waals surface area (Å²) in [4.78, 5) is 45.0. The largest absolute Gasteiger partial charge is 0.488 e. The van der Waals surface area contributed by atoms with Gasteiger partial charge in [-0.25, -0.2) is 0 Å². The summed E-state index contributed by atoms with van der Waals surface area (Å²) in [5.74, 6) is 0.262. The van der Waals surface area contributed by atoms with Gasteiger partial charge in [0.25, 0.3) is 17.7 Å². The van der Waals surface area contributed by atoms with E-state index in [4.69, 9.17) is 9.47 Å². The molecule has 4 bridgehead atoms. The van der Waals surface area contributed by atoms with Crippen LogP contribution in [0.15, 0.2) is 73.1 Å². The number of likely N-dealkylation sites (tertiary alicyclic amines) is 1. The normalized spacial score (nSPS) is 19.0. The maximum absolute atomic E-state index is 13.5. The maximum Gasteiger partial charge on any atom is 0.271 e. The van der Waals surface area contributed by atoms with E-state index in [1.54, 1.807) is 41.6 Å². The van der Waals surface area contributed by atoms with Gasteiger partial charge >= 0.3 is 0 Å². The molecule has 0 radical (unpaired) electrons. The van der Waals surface area contributed by atoms with E-state index in [2.05, 4.69) is 25.8 Å². The van der Waals surface area contributed by atoms with Crippen LogP contribution >= 0.6 is 0 Å². The fraction of sp³-hybridized carbons (Fsp3) is 0.258. The summed E-state index contributed by atoms with van der Waals surface area (Å²) < 4.78 is 12.1. The van der Waals surface area contributed by atoms with Crippen molar-refractivity contribution in [2.45, 2.75) is 32.0 Å². The molecule has 11 nitrogen and oxygen atoms in total. The topological polar surface area (TPSA) is 139 Å². The average molecular weight is 567 g/mol. The molecule has 2 atom stereocenters. The third kappa shape index (κ3) is 5.95. The number of nitrogens with one attached hydrogen (secondary N) is 3. The molecule has 5 heterocycles. The first kappa shape index (κ1) is 27.0. The van der Waals surface area contributed by atoms with E-state index in [1.807, 2.05) is 43.3 Å². The molecule has 11 heteroatoms. The highest BCUT2D eigenvalue weighted by Gasteiger charge is 2.35. The second-order valence-corrected chi connectivity index (χ2v) is 10.4. The van der Waals surface area contributed by atoms with Crippen molar-refractivity contribution in [3.63, 3.8) is 0 Å². The van der Waals surface area contributed by atoms with Crippen molar-refractivity contribution in [3.8, 4) is 22.8 Å². The number of carbonyl (C=O) groups is 3. The molecule has 0 aliphatic carbocycles. The number of nitrogens with zero attached hydrogens (tertiary/aromatic N) is 3. The van der Waals surface area contributed by atoms with E-state index in [9.17, 15) is 14.4 Å². The van der Waals surface area contributed by atoms with Gasteiger partial charge in [-0.3, -0.25) is 24.5 Å². The predicted octanol–water partition coefficient (Wildman–Crippen LogP) is 2.88. The van der Waals surface area contributed by atoms with Crippen molar-refractivity contribution in [2.75, 3.05) is 19.7 Å². The Morgan fingerprint density at radius 3 is 2.62 bits per heavy atom. The van der Waals surface area contributed by atoms with Crippen LogP contribution in [-0.2, 0) is 11.3 Å². The lowest BCUT2D eigenvalue weighted by Crippen LogP contribution is -2.58. The first-order valence-corrected chi connectivity index (χ1v) is 13.7. The summed E-state index contributed by atoms with van der Waals surface area (Å²) in [7, 11) is 0. The van der Waals surface area contributed by atoms with E-state index in [0.717, 1.165) is 16.7 Å². The monoisotopic (exact) mass is 566 g/mol. The lowest BCUT2D eigenvalue weighted by Gasteiger charge is -2.38. The van der Waals surface area contributed by atoms with Crippen LogP contribution in [0.4, 0.5) is 0 Å². The number of piperidine rings is 1. The molecule has 2 aromatic heterocycles. The number of hydrogen-bond donors (Lipinski definition) is 3. The quantitative estimate of drug-likeness (QED) is 0.339. The number of pyridine rings is 1. The number of amides is 3. The number of carbonyl (C=O) groups excluding carboxylic acids is 3. The van der Waals surface area contributed by atoms with Gasteiger partial charge in [-0.1, -0.05) is 18.2 Å². The Labute approximate surface area is 242 Å². The van der Waals surface area contributed by atoms with Gasteiger partial charge in [-0.15, -0.1) is 0 Å². The van der Waals surface area contributed by atoms with E-state index >= 15 is 0 Å². The smallest absolute Gasteiger partial charge is 0.271 e. The van der Waals surface area contributed by atoms with E-state index < -0.39 is 6.04 Å². The Balaban J connectivity index is 1.26. The van der Waals surface area contributed by atoms with Crippen molar-refractivity contribution in [1.82, 2.24) is 30.7 Å². The zero-order chi connectivity index (χ0) is 29.1. The molecule has 0 unspecified atom stereocenters. The van der Waals surface area contributed by atoms with Gasteiger partial charge in [0.05, 0.1) is 11.7 Å². The highest BCUT2D eigenvalue weighted by molar-refractivity contribution is 5.95. The number of fused-ring (bicyclic) bond motifs is 7. The van der Waals surface area contributed by atoms with Crippen molar-refractivity contribution in [2.24, 2.45) is 0 Å². The molecule has 214 valence electrons. The second-order valence-electron chi connectivity index (χ2n) is 10.4. The molecule has 3 aliphatic heterocycles. The SMILES string of the molecule is Cc1ccc2cc1OCC(=O)NCc1ccc(cc1)O[C@H]1CCN(C(=O)c3cc(-c4ccncc4)n[nH]3)C[C@@H]1NC2=O. The molecule has 42 heavy (non-hydrogen) atoms. The summed E-state index contributed by atoms with van der Waals surface area (Å²) in [6.07, 6.45) is 3.46. The fourth-order valence-electron chi connectivity index (χ4n) is 5.07. The average Bonchev–Trinajstić information content (AvgIpc) is 3.51. The molecular formula is C31H30N6O5. The molecule has 3 N–H and O–H groups in total. The number of H-pyrrole nitrogens is 1. The third-order valence-corrected chi connectivity index (χ3v) is 7.45. The van der Waals surface area contributed by atoms with Crippen LogP contribution < -0.4 is 20.1 Å². The molecule has 7 rings (SSSR count). The van der Waals surface area contributed by atoms with Crippen molar-refractivity contribution in [1.29, 1.82) is 0 Å². The van der Waals surface area contributed by atoms with Crippen molar-refractivity contribution >= 4 is 17.7 Å². The Morgan fingerprint density at radius 2 is 1.81 bits per heavy atom. The van der Waals surface area contributed by atoms with Crippen LogP contribution in [0.3, 0.4) is 0 Å². The Morgan fingerprint density at radius 1 is 1.00 bits per heavy atom. The van der Waals surface area contributed by atoms with E-state index in [-0.39, 0.29) is 37.0 Å². The minimum absolute atomic E-state index is 0.175. The summed E-state index contributed by atoms with van der Waals surface area (Å²) in [5.41, 5.74) is 3.94. The molecule has 3 aliphatic rings. The molecule has 2 aromatic carbocycles. The number of ether oxygens (including phenoxy) is 2. The van der Waals surface area contributed by atoms with Crippen LogP contribution in [0, 0.1) is 6.92 Å². The molecule has 0 saturated carbocycles. The van der Waals surface area contributed by atoms with Crippen LogP contribution in [0.1, 0.15) is 38.4 Å². The number of hydrogen-bond acceptors (Lipinski definition) is 7. The Hall–Kier alpha value is -5.19. The molecule has 4 aromatic rings. The second kappa shape index (κ2) is 11.7. The Bertz CT molecular complexity index is 1600. The lowest BCUT2D eigenvalue weighted by atomic mass is 10.00. The standard InChI is InChI=1S/C31H30N6O5/c1-19-2-5-22-14-28(19)41-18-29(38)33-16-20-3-6-23(7-4-20)42-27-10-13-37(17-26(27)34-30(22)39)31(40)25-15-24(35-36-25)21-8-11-32-12-9-21/h2-9,11-12,14-15,26-27H,10,13,16-18H2,1H3,(H,33,38)(H,34,39)(H,35,36)/t26-,27-/m0/s1. The number of aromatic amines is 1. The summed E-state index contributed by atoms with van der Waals surface area (Å²) in [6.45, 7) is 2.70. The molecular weight excluding hydrogens is 536 g/mol. The van der Waals surface area contributed by atoms with Crippen LogP contribution in [0.5, 0.6) is 11.5 Å². The van der Waals surface area contributed by atoms with Gasteiger partial charge in [0.15, 0.2) is 6.61 Å². The molecule has 1 saturated heterocycles. The highest BCUT2D eigenvalue weighted by Crippen LogP contribution is 2.24. The van der Waals surface area contributed by atoms with Gasteiger partial charge in [0.2, 0.25) is 0 Å². The van der Waals surface area contributed by atoms with Gasteiger partial charge in [-0.05, 0) is 60.5 Å². The summed E-state index contributed by atoms with van der Waals surface area (Å²) in [5, 5.41) is 13.1. The zero-order valence-electron chi connectivity index (χ0n) is 23.0. The zero-order valence-corrected chi connectivity index (χ0v) is 23.0. The molecule has 0 spiro atoms. The number of aromatic nitrogens is 3. The number of aryl methyl sites for hydroxylation is 1. The first-order chi connectivity index (χ1) is 20.4. The fourth-order valence-corrected chi connectivity index (χ4v) is 5.07. The Kier molecular flexibility index (Phi) is 7.54.